The summed E-state index contributed by atoms with van der Waals surface area (Å²) < 4.78 is 10.9. The van der Waals surface area contributed by atoms with E-state index in [0.717, 1.165) is 44.0 Å². The maximum Gasteiger partial charge on any atom is 0.228 e. The first kappa shape index (κ1) is 22.1. The third-order valence-corrected chi connectivity index (χ3v) is 3.91. The van der Waals surface area contributed by atoms with Crippen LogP contribution in [0.5, 0.6) is 0 Å². The maximum absolute atomic E-state index is 5.70. The molecule has 0 aromatic carbocycles. The molecule has 1 saturated carbocycles. The van der Waals surface area contributed by atoms with Crippen molar-refractivity contribution in [3.8, 4) is 0 Å². The monoisotopic (exact) mass is 465 g/mol. The molecule has 1 aromatic heterocycles. The Balaban J connectivity index is 0.00000312. The molecule has 0 spiro atoms. The van der Waals surface area contributed by atoms with Crippen LogP contribution in [0.3, 0.4) is 0 Å². The minimum absolute atomic E-state index is 0. The van der Waals surface area contributed by atoms with Gasteiger partial charge in [0.2, 0.25) is 5.89 Å². The second-order valence-electron chi connectivity index (χ2n) is 6.63. The van der Waals surface area contributed by atoms with E-state index in [-0.39, 0.29) is 29.9 Å². The van der Waals surface area contributed by atoms with Crippen molar-refractivity contribution in [2.24, 2.45) is 10.9 Å². The van der Waals surface area contributed by atoms with Gasteiger partial charge >= 0.3 is 0 Å². The van der Waals surface area contributed by atoms with Crippen molar-refractivity contribution < 1.29 is 9.26 Å². The van der Waals surface area contributed by atoms with E-state index in [9.17, 15) is 0 Å². The third-order valence-electron chi connectivity index (χ3n) is 3.91. The zero-order chi connectivity index (χ0) is 17.4. The highest BCUT2D eigenvalue weighted by Crippen LogP contribution is 2.28. The Morgan fingerprint density at radius 1 is 1.44 bits per heavy atom. The lowest BCUT2D eigenvalue weighted by atomic mass is 10.2. The molecule has 0 unspecified atom stereocenters. The normalized spacial score (nSPS) is 14.5. The van der Waals surface area contributed by atoms with Crippen molar-refractivity contribution in [2.45, 2.75) is 46.0 Å². The third kappa shape index (κ3) is 8.35. The number of nitrogens with one attached hydrogen (secondary N) is 1. The van der Waals surface area contributed by atoms with Gasteiger partial charge in [0.25, 0.3) is 0 Å². The number of nitrogens with zero attached hydrogens (tertiary/aromatic N) is 4. The van der Waals surface area contributed by atoms with Gasteiger partial charge in [0.15, 0.2) is 11.8 Å². The Kier molecular flexibility index (Phi) is 10.3. The Morgan fingerprint density at radius 3 is 2.80 bits per heavy atom. The standard InChI is InChI=1S/C17H31N5O2.HI/c1-5-18-17(22(4)10-11-23-12-14-6-7-14)19-9-8-15-20-16(13(2)3)21-24-15;/h13-14H,5-12H2,1-4H3,(H,18,19);1H. The molecule has 1 aliphatic carbocycles. The molecule has 0 aliphatic heterocycles. The molecule has 1 N–H and O–H groups in total. The summed E-state index contributed by atoms with van der Waals surface area (Å²) in [5.41, 5.74) is 0. The molecule has 7 nitrogen and oxygen atoms in total. The van der Waals surface area contributed by atoms with Crippen LogP contribution >= 0.6 is 24.0 Å². The number of halogens is 1. The van der Waals surface area contributed by atoms with Gasteiger partial charge < -0.3 is 19.5 Å². The fraction of sp³-hybridized carbons (Fsp3) is 0.824. The van der Waals surface area contributed by atoms with Gasteiger partial charge in [-0.2, -0.15) is 4.98 Å². The van der Waals surface area contributed by atoms with E-state index >= 15 is 0 Å². The molecule has 25 heavy (non-hydrogen) atoms. The van der Waals surface area contributed by atoms with Crippen molar-refractivity contribution in [1.82, 2.24) is 20.4 Å². The van der Waals surface area contributed by atoms with Crippen LogP contribution < -0.4 is 5.32 Å². The molecular formula is C17H32IN5O2. The highest BCUT2D eigenvalue weighted by Gasteiger charge is 2.21. The lowest BCUT2D eigenvalue weighted by Gasteiger charge is -2.21. The second-order valence-corrected chi connectivity index (χ2v) is 6.63. The van der Waals surface area contributed by atoms with Crippen LogP contribution in [0.1, 0.15) is 51.2 Å². The van der Waals surface area contributed by atoms with E-state index < -0.39 is 0 Å². The largest absolute Gasteiger partial charge is 0.379 e. The molecular weight excluding hydrogens is 433 g/mol. The van der Waals surface area contributed by atoms with Crippen molar-refractivity contribution >= 4 is 29.9 Å². The van der Waals surface area contributed by atoms with Gasteiger partial charge in [-0.25, -0.2) is 0 Å². The van der Waals surface area contributed by atoms with Crippen LogP contribution in [0, 0.1) is 5.92 Å². The van der Waals surface area contributed by atoms with Gasteiger partial charge in [0.05, 0.1) is 13.2 Å². The van der Waals surface area contributed by atoms with Crippen LogP contribution in [0.4, 0.5) is 0 Å². The SMILES string of the molecule is CCNC(=NCCc1nc(C(C)C)no1)N(C)CCOCC1CC1.I. The van der Waals surface area contributed by atoms with Crippen LogP contribution in [0.2, 0.25) is 0 Å². The van der Waals surface area contributed by atoms with Gasteiger partial charge in [0, 0.05) is 39.1 Å². The predicted molar refractivity (Wildman–Crippen MR) is 110 cm³/mol. The Morgan fingerprint density at radius 2 is 2.20 bits per heavy atom. The van der Waals surface area contributed by atoms with E-state index in [0.29, 0.717) is 18.9 Å². The summed E-state index contributed by atoms with van der Waals surface area (Å²) >= 11 is 0. The van der Waals surface area contributed by atoms with E-state index in [2.05, 4.69) is 46.1 Å². The minimum atomic E-state index is 0. The van der Waals surface area contributed by atoms with Crippen molar-refractivity contribution in [3.05, 3.63) is 11.7 Å². The molecule has 1 heterocycles. The van der Waals surface area contributed by atoms with Crippen LogP contribution in [0.25, 0.3) is 0 Å². The smallest absolute Gasteiger partial charge is 0.228 e. The average molecular weight is 465 g/mol. The number of hydrogen-bond donors (Lipinski definition) is 1. The molecule has 1 fully saturated rings. The summed E-state index contributed by atoms with van der Waals surface area (Å²) in [6.45, 7) is 10.1. The van der Waals surface area contributed by atoms with Gasteiger partial charge in [-0.3, -0.25) is 4.99 Å². The second kappa shape index (κ2) is 11.7. The number of hydrogen-bond acceptors (Lipinski definition) is 5. The zero-order valence-corrected chi connectivity index (χ0v) is 18.2. The molecule has 0 radical (unpaired) electrons. The molecule has 2 rings (SSSR count). The van der Waals surface area contributed by atoms with Gasteiger partial charge in [-0.15, -0.1) is 24.0 Å². The summed E-state index contributed by atoms with van der Waals surface area (Å²) in [5.74, 6) is 3.38. The number of aliphatic imine (C=N–C) groups is 1. The van der Waals surface area contributed by atoms with Crippen LogP contribution in [0.15, 0.2) is 9.52 Å². The minimum Gasteiger partial charge on any atom is -0.379 e. The molecule has 0 amide bonds. The summed E-state index contributed by atoms with van der Waals surface area (Å²) in [4.78, 5) is 11.1. The van der Waals surface area contributed by atoms with Crippen molar-refractivity contribution in [2.75, 3.05) is 39.9 Å². The number of guanidine groups is 1. The van der Waals surface area contributed by atoms with Crippen molar-refractivity contribution in [3.63, 3.8) is 0 Å². The van der Waals surface area contributed by atoms with Gasteiger partial charge in [-0.1, -0.05) is 19.0 Å². The lowest BCUT2D eigenvalue weighted by molar-refractivity contribution is 0.115. The fourth-order valence-corrected chi connectivity index (χ4v) is 2.17. The number of likely N-dealkylation sites (N-methyl/N-ethyl adjacent to an activating group) is 1. The molecule has 0 bridgehead atoms. The highest BCUT2D eigenvalue weighted by atomic mass is 127. The number of ether oxygens (including phenoxy) is 1. The number of rotatable bonds is 10. The van der Waals surface area contributed by atoms with E-state index in [1.165, 1.54) is 12.8 Å². The molecule has 1 aliphatic rings. The van der Waals surface area contributed by atoms with E-state index in [4.69, 9.17) is 9.26 Å². The molecule has 0 saturated heterocycles. The van der Waals surface area contributed by atoms with Crippen molar-refractivity contribution in [1.29, 1.82) is 0 Å². The molecule has 144 valence electrons. The first-order valence-corrected chi connectivity index (χ1v) is 8.99. The van der Waals surface area contributed by atoms with Gasteiger partial charge in [-0.05, 0) is 25.7 Å². The Bertz CT molecular complexity index is 517. The quantitative estimate of drug-likeness (QED) is 0.248. The Hall–Kier alpha value is -0.900. The zero-order valence-electron chi connectivity index (χ0n) is 15.8. The van der Waals surface area contributed by atoms with E-state index in [1.54, 1.807) is 0 Å². The summed E-state index contributed by atoms with van der Waals surface area (Å²) in [7, 11) is 2.03. The molecule has 8 heteroatoms. The topological polar surface area (TPSA) is 75.8 Å². The average Bonchev–Trinajstić information content (AvgIpc) is 3.26. The predicted octanol–water partition coefficient (Wildman–Crippen LogP) is 2.68. The first-order valence-electron chi connectivity index (χ1n) is 8.99. The maximum atomic E-state index is 5.70. The first-order chi connectivity index (χ1) is 11.6. The summed E-state index contributed by atoms with van der Waals surface area (Å²) in [5, 5.41) is 7.28. The highest BCUT2D eigenvalue weighted by molar-refractivity contribution is 14.0. The van der Waals surface area contributed by atoms with Crippen LogP contribution in [-0.2, 0) is 11.2 Å². The summed E-state index contributed by atoms with van der Waals surface area (Å²) in [6.07, 6.45) is 3.31. The molecule has 0 atom stereocenters. The molecule has 1 aromatic rings. The number of aromatic nitrogens is 2. The summed E-state index contributed by atoms with van der Waals surface area (Å²) in [6, 6.07) is 0. The fourth-order valence-electron chi connectivity index (χ4n) is 2.17. The van der Waals surface area contributed by atoms with Gasteiger partial charge in [0.1, 0.15) is 0 Å². The Labute approximate surface area is 168 Å². The van der Waals surface area contributed by atoms with E-state index in [1.807, 2.05) is 7.05 Å². The lowest BCUT2D eigenvalue weighted by Crippen LogP contribution is -2.40. The van der Waals surface area contributed by atoms with Crippen LogP contribution in [-0.4, -0.2) is 60.9 Å².